The van der Waals surface area contributed by atoms with E-state index in [2.05, 4.69) is 12.2 Å². The van der Waals surface area contributed by atoms with Gasteiger partial charge < -0.3 is 15.2 Å². The minimum absolute atomic E-state index is 0.0861. The molecule has 5 heteroatoms. The molecule has 0 aliphatic heterocycles. The minimum Gasteiger partial charge on any atom is -0.506 e. The van der Waals surface area contributed by atoms with Crippen molar-refractivity contribution in [3.05, 3.63) is 27.7 Å². The highest BCUT2D eigenvalue weighted by atomic mass is 35.5. The summed E-state index contributed by atoms with van der Waals surface area (Å²) >= 11 is 11.7. The molecule has 0 fully saturated rings. The molecule has 1 aromatic rings. The van der Waals surface area contributed by atoms with Crippen LogP contribution >= 0.6 is 23.2 Å². The van der Waals surface area contributed by atoms with E-state index in [-0.39, 0.29) is 10.8 Å². The summed E-state index contributed by atoms with van der Waals surface area (Å²) in [6, 6.07) is 3.23. The number of hydrogen-bond acceptors (Lipinski definition) is 3. The van der Waals surface area contributed by atoms with Crippen molar-refractivity contribution in [1.29, 1.82) is 0 Å². The van der Waals surface area contributed by atoms with Gasteiger partial charge >= 0.3 is 0 Å². The molecule has 3 nitrogen and oxygen atoms in total. The molecule has 17 heavy (non-hydrogen) atoms. The lowest BCUT2D eigenvalue weighted by Gasteiger charge is -2.12. The van der Waals surface area contributed by atoms with Crippen LogP contribution in [0.5, 0.6) is 5.75 Å². The SMILES string of the molecule is COCC(C)CNCc1cc(Cl)cc(Cl)c1O. The molecule has 0 spiro atoms. The van der Waals surface area contributed by atoms with Crippen molar-refractivity contribution < 1.29 is 9.84 Å². The van der Waals surface area contributed by atoms with E-state index in [9.17, 15) is 5.11 Å². The Hall–Kier alpha value is -0.480. The first-order chi connectivity index (χ1) is 8.04. The molecule has 0 saturated heterocycles. The van der Waals surface area contributed by atoms with Crippen LogP contribution in [0.2, 0.25) is 10.0 Å². The lowest BCUT2D eigenvalue weighted by Crippen LogP contribution is -2.23. The number of ether oxygens (including phenoxy) is 1. The van der Waals surface area contributed by atoms with Gasteiger partial charge in [-0.15, -0.1) is 0 Å². The van der Waals surface area contributed by atoms with Crippen LogP contribution < -0.4 is 5.32 Å². The lowest BCUT2D eigenvalue weighted by molar-refractivity contribution is 0.158. The largest absolute Gasteiger partial charge is 0.506 e. The number of methoxy groups -OCH3 is 1. The molecular weight excluding hydrogens is 261 g/mol. The molecule has 1 rings (SSSR count). The number of aromatic hydroxyl groups is 1. The summed E-state index contributed by atoms with van der Waals surface area (Å²) in [7, 11) is 1.68. The van der Waals surface area contributed by atoms with Gasteiger partial charge in [0.25, 0.3) is 0 Å². The van der Waals surface area contributed by atoms with Crippen LogP contribution in [0.4, 0.5) is 0 Å². The van der Waals surface area contributed by atoms with Gasteiger partial charge in [0.15, 0.2) is 0 Å². The first-order valence-corrected chi connectivity index (χ1v) is 6.16. The van der Waals surface area contributed by atoms with Gasteiger partial charge in [0.05, 0.1) is 5.02 Å². The van der Waals surface area contributed by atoms with Crippen molar-refractivity contribution in [3.63, 3.8) is 0 Å². The quantitative estimate of drug-likeness (QED) is 0.840. The Bertz CT molecular complexity index is 372. The average Bonchev–Trinajstić information content (AvgIpc) is 2.25. The van der Waals surface area contributed by atoms with E-state index in [1.165, 1.54) is 6.07 Å². The van der Waals surface area contributed by atoms with Crippen LogP contribution in [0.15, 0.2) is 12.1 Å². The van der Waals surface area contributed by atoms with E-state index in [4.69, 9.17) is 27.9 Å². The van der Waals surface area contributed by atoms with Crippen LogP contribution in [-0.4, -0.2) is 25.4 Å². The molecule has 1 atom stereocenters. The maximum absolute atomic E-state index is 9.74. The van der Waals surface area contributed by atoms with Crippen molar-refractivity contribution in [2.45, 2.75) is 13.5 Å². The Morgan fingerprint density at radius 1 is 1.41 bits per heavy atom. The normalized spacial score (nSPS) is 12.7. The molecule has 0 aliphatic rings. The van der Waals surface area contributed by atoms with E-state index < -0.39 is 0 Å². The lowest BCUT2D eigenvalue weighted by atomic mass is 10.1. The molecule has 0 saturated carbocycles. The fraction of sp³-hybridized carbons (Fsp3) is 0.500. The monoisotopic (exact) mass is 277 g/mol. The molecule has 0 amide bonds. The second kappa shape index (κ2) is 7.07. The first kappa shape index (κ1) is 14.6. The molecule has 0 aromatic heterocycles. The first-order valence-electron chi connectivity index (χ1n) is 5.41. The molecular formula is C12H17Cl2NO2. The Morgan fingerprint density at radius 3 is 2.76 bits per heavy atom. The minimum atomic E-state index is 0.0861. The number of nitrogens with one attached hydrogen (secondary N) is 1. The number of hydrogen-bond donors (Lipinski definition) is 2. The van der Waals surface area contributed by atoms with E-state index in [0.717, 1.165) is 6.54 Å². The average molecular weight is 278 g/mol. The van der Waals surface area contributed by atoms with Crippen LogP contribution in [0.1, 0.15) is 12.5 Å². The summed E-state index contributed by atoms with van der Waals surface area (Å²) in [6.07, 6.45) is 0. The standard InChI is InChI=1S/C12H17Cl2NO2/c1-8(7-17-2)5-15-6-9-3-10(13)4-11(14)12(9)16/h3-4,8,15-16H,5-7H2,1-2H3. The van der Waals surface area contributed by atoms with Crippen molar-refractivity contribution >= 4 is 23.2 Å². The van der Waals surface area contributed by atoms with Gasteiger partial charge in [-0.3, -0.25) is 0 Å². The molecule has 0 heterocycles. The van der Waals surface area contributed by atoms with E-state index in [1.807, 2.05) is 0 Å². The molecule has 2 N–H and O–H groups in total. The van der Waals surface area contributed by atoms with E-state index in [1.54, 1.807) is 13.2 Å². The zero-order valence-corrected chi connectivity index (χ0v) is 11.5. The molecule has 0 bridgehead atoms. The zero-order chi connectivity index (χ0) is 12.8. The third kappa shape index (κ3) is 4.72. The second-order valence-electron chi connectivity index (χ2n) is 4.09. The third-order valence-corrected chi connectivity index (χ3v) is 2.87. The third-order valence-electron chi connectivity index (χ3n) is 2.37. The van der Waals surface area contributed by atoms with E-state index in [0.29, 0.717) is 29.7 Å². The van der Waals surface area contributed by atoms with Crippen LogP contribution in [0.25, 0.3) is 0 Å². The summed E-state index contributed by atoms with van der Waals surface area (Å²) in [5, 5.41) is 13.8. The van der Waals surface area contributed by atoms with Gasteiger partial charge in [0.1, 0.15) is 5.75 Å². The van der Waals surface area contributed by atoms with Gasteiger partial charge in [-0.05, 0) is 18.1 Å². The Kier molecular flexibility index (Phi) is 6.06. The number of phenolic OH excluding ortho intramolecular Hbond substituents is 1. The summed E-state index contributed by atoms with van der Waals surface area (Å²) in [4.78, 5) is 0. The fourth-order valence-corrected chi connectivity index (χ4v) is 2.09. The van der Waals surface area contributed by atoms with E-state index >= 15 is 0 Å². The van der Waals surface area contributed by atoms with Gasteiger partial charge in [-0.2, -0.15) is 0 Å². The number of rotatable bonds is 6. The van der Waals surface area contributed by atoms with Gasteiger partial charge in [-0.1, -0.05) is 30.1 Å². The predicted octanol–water partition coefficient (Wildman–Crippen LogP) is 3.07. The van der Waals surface area contributed by atoms with Crippen LogP contribution in [0, 0.1) is 5.92 Å². The highest BCUT2D eigenvalue weighted by molar-refractivity contribution is 6.35. The highest BCUT2D eigenvalue weighted by Crippen LogP contribution is 2.30. The molecule has 0 radical (unpaired) electrons. The Morgan fingerprint density at radius 2 is 2.12 bits per heavy atom. The van der Waals surface area contributed by atoms with Crippen LogP contribution in [-0.2, 0) is 11.3 Å². The fourth-order valence-electron chi connectivity index (χ4n) is 1.55. The Balaban J connectivity index is 2.52. The zero-order valence-electron chi connectivity index (χ0n) is 9.96. The molecule has 1 aromatic carbocycles. The predicted molar refractivity (Wildman–Crippen MR) is 70.9 cm³/mol. The molecule has 1 unspecified atom stereocenters. The summed E-state index contributed by atoms with van der Waals surface area (Å²) in [5.74, 6) is 0.500. The maximum Gasteiger partial charge on any atom is 0.138 e. The van der Waals surface area contributed by atoms with Gasteiger partial charge in [0, 0.05) is 37.4 Å². The number of phenols is 1. The molecule has 96 valence electrons. The Labute approximate surface area is 112 Å². The van der Waals surface area contributed by atoms with Crippen molar-refractivity contribution in [2.75, 3.05) is 20.3 Å². The van der Waals surface area contributed by atoms with Crippen molar-refractivity contribution in [2.24, 2.45) is 5.92 Å². The number of benzene rings is 1. The summed E-state index contributed by atoms with van der Waals surface area (Å²) in [5.41, 5.74) is 0.701. The molecule has 0 aliphatic carbocycles. The smallest absolute Gasteiger partial charge is 0.138 e. The number of halogens is 2. The van der Waals surface area contributed by atoms with Gasteiger partial charge in [0.2, 0.25) is 0 Å². The van der Waals surface area contributed by atoms with Crippen molar-refractivity contribution in [3.8, 4) is 5.75 Å². The maximum atomic E-state index is 9.74. The summed E-state index contributed by atoms with van der Waals surface area (Å²) < 4.78 is 5.04. The van der Waals surface area contributed by atoms with Gasteiger partial charge in [-0.25, -0.2) is 0 Å². The second-order valence-corrected chi connectivity index (χ2v) is 4.93. The highest BCUT2D eigenvalue weighted by Gasteiger charge is 2.08. The van der Waals surface area contributed by atoms with Crippen molar-refractivity contribution in [1.82, 2.24) is 5.32 Å². The van der Waals surface area contributed by atoms with Crippen LogP contribution in [0.3, 0.4) is 0 Å². The topological polar surface area (TPSA) is 41.5 Å². The summed E-state index contributed by atoms with van der Waals surface area (Å²) in [6.45, 7) is 4.12.